The maximum Gasteiger partial charge on any atom is 0.220 e. The van der Waals surface area contributed by atoms with E-state index in [1.807, 2.05) is 0 Å². The molecule has 0 unspecified atom stereocenters. The van der Waals surface area contributed by atoms with Gasteiger partial charge in [-0.15, -0.1) is 10.2 Å². The Balaban J connectivity index is 1.15. The molecule has 0 spiro atoms. The Morgan fingerprint density at radius 1 is 0.456 bits per heavy atom. The van der Waals surface area contributed by atoms with Gasteiger partial charge in [0.05, 0.1) is 33.3 Å². The van der Waals surface area contributed by atoms with Crippen LogP contribution in [-0.4, -0.2) is 28.7 Å². The summed E-state index contributed by atoms with van der Waals surface area (Å²) in [6, 6.07) is 54.6. The first-order valence-electron chi connectivity index (χ1n) is 19.6. The van der Waals surface area contributed by atoms with Gasteiger partial charge in [-0.05, 0) is 90.4 Å². The third-order valence-corrected chi connectivity index (χ3v) is 12.3. The van der Waals surface area contributed by atoms with Crippen molar-refractivity contribution in [3.05, 3.63) is 179 Å². The van der Waals surface area contributed by atoms with Crippen LogP contribution >= 0.6 is 0 Å². The molecule has 0 atom stereocenters. The van der Waals surface area contributed by atoms with Crippen molar-refractivity contribution < 1.29 is 0 Å². The summed E-state index contributed by atoms with van der Waals surface area (Å²) < 4.78 is 6.96. The van der Waals surface area contributed by atoms with E-state index in [9.17, 15) is 0 Å². The van der Waals surface area contributed by atoms with E-state index in [0.717, 1.165) is 61.6 Å². The van der Waals surface area contributed by atoms with Crippen molar-refractivity contribution in [3.8, 4) is 23.0 Å². The van der Waals surface area contributed by atoms with E-state index in [1.54, 1.807) is 0 Å². The van der Waals surface area contributed by atoms with Crippen LogP contribution in [0.25, 0.3) is 83.2 Å². The third kappa shape index (κ3) is 4.80. The Bertz CT molecular complexity index is 3410. The van der Waals surface area contributed by atoms with Crippen LogP contribution in [0.5, 0.6) is 0 Å². The molecule has 0 aliphatic heterocycles. The molecule has 0 aliphatic carbocycles. The number of benzene rings is 7. The average molecular weight is 737 g/mol. The quantitative estimate of drug-likeness (QED) is 0.165. The number of imidazole rings is 1. The molecule has 0 fully saturated rings. The topological polar surface area (TPSA) is 52.9 Å². The number of pyridine rings is 1. The summed E-state index contributed by atoms with van der Waals surface area (Å²) in [5.41, 5.74) is 14.1. The minimum atomic E-state index is -0.363. The zero-order valence-electron chi connectivity index (χ0n) is 32.6. The van der Waals surface area contributed by atoms with Gasteiger partial charge in [-0.2, -0.15) is 0 Å². The second kappa shape index (κ2) is 12.2. The molecule has 0 amide bonds. The summed E-state index contributed by atoms with van der Waals surface area (Å²) >= 11 is 0. The second-order valence-electron chi connectivity index (χ2n) is 16.0. The fraction of sp³-hybridized carbons (Fsp3) is 0.118. The van der Waals surface area contributed by atoms with Gasteiger partial charge in [-0.1, -0.05) is 129 Å². The molecule has 6 heteroatoms. The molecule has 0 aliphatic rings. The van der Waals surface area contributed by atoms with Crippen LogP contribution in [0.2, 0.25) is 0 Å². The minimum Gasteiger partial charge on any atom is -0.279 e. The molecule has 0 radical (unpaired) electrons. The first-order valence-corrected chi connectivity index (χ1v) is 19.6. The normalized spacial score (nSPS) is 12.3. The van der Waals surface area contributed by atoms with Crippen LogP contribution in [0, 0.1) is 20.8 Å². The number of fused-ring (bicyclic) bond motifs is 10. The van der Waals surface area contributed by atoms with Crippen LogP contribution in [-0.2, 0) is 5.41 Å². The van der Waals surface area contributed by atoms with E-state index in [-0.39, 0.29) is 5.41 Å². The van der Waals surface area contributed by atoms with Gasteiger partial charge in [0, 0.05) is 32.5 Å². The summed E-state index contributed by atoms with van der Waals surface area (Å²) in [6.07, 6.45) is 0. The van der Waals surface area contributed by atoms with Crippen LogP contribution in [0.15, 0.2) is 152 Å². The predicted molar refractivity (Wildman–Crippen MR) is 235 cm³/mol. The molecule has 0 bridgehead atoms. The molecular formula is C51H40N6. The Kier molecular flexibility index (Phi) is 7.14. The standard InChI is InChI=1S/C51H40N6/c1-31-15-6-7-18-36(31)48-53-54-49-41-29-34(25-27-37(41)38-19-8-12-23-44(38)57(48)49)51(4,5)35-26-28-40-39-20-9-11-22-43(39)55(46(40)30-35)50-52-42-21-10-13-24-45(42)56(50)47-32(2)16-14-17-33(47)3/h6-30H,1-5H3. The molecule has 57 heavy (non-hydrogen) atoms. The fourth-order valence-electron chi connectivity index (χ4n) is 9.22. The number of nitrogens with zero attached hydrogens (tertiary/aromatic N) is 6. The van der Waals surface area contributed by atoms with E-state index in [1.165, 1.54) is 49.4 Å². The van der Waals surface area contributed by atoms with Gasteiger partial charge in [0.25, 0.3) is 0 Å². The second-order valence-corrected chi connectivity index (χ2v) is 16.0. The number of aryl methyl sites for hydroxylation is 3. The van der Waals surface area contributed by atoms with Gasteiger partial charge >= 0.3 is 0 Å². The van der Waals surface area contributed by atoms with Gasteiger partial charge in [0.1, 0.15) is 0 Å². The lowest BCUT2D eigenvalue weighted by Gasteiger charge is -2.27. The van der Waals surface area contributed by atoms with Crippen molar-refractivity contribution in [2.45, 2.75) is 40.0 Å². The summed E-state index contributed by atoms with van der Waals surface area (Å²) in [5.74, 6) is 1.74. The minimum absolute atomic E-state index is 0.363. The maximum absolute atomic E-state index is 5.39. The zero-order valence-corrected chi connectivity index (χ0v) is 32.6. The highest BCUT2D eigenvalue weighted by atomic mass is 15.3. The van der Waals surface area contributed by atoms with Crippen LogP contribution in [0.3, 0.4) is 0 Å². The van der Waals surface area contributed by atoms with E-state index < -0.39 is 0 Å². The van der Waals surface area contributed by atoms with Crippen LogP contribution < -0.4 is 0 Å². The first-order chi connectivity index (χ1) is 27.8. The Labute approximate surface area is 330 Å². The maximum atomic E-state index is 5.39. The lowest BCUT2D eigenvalue weighted by Crippen LogP contribution is -2.19. The van der Waals surface area contributed by atoms with E-state index in [0.29, 0.717) is 0 Å². The molecular weight excluding hydrogens is 697 g/mol. The van der Waals surface area contributed by atoms with E-state index in [4.69, 9.17) is 15.2 Å². The van der Waals surface area contributed by atoms with E-state index in [2.05, 4.69) is 200 Å². The molecule has 11 rings (SSSR count). The van der Waals surface area contributed by atoms with Gasteiger partial charge in [0.15, 0.2) is 11.5 Å². The molecule has 0 saturated heterocycles. The summed E-state index contributed by atoms with van der Waals surface area (Å²) in [6.45, 7) is 11.2. The lowest BCUT2D eigenvalue weighted by molar-refractivity contribution is 0.642. The zero-order chi connectivity index (χ0) is 38.6. The smallest absolute Gasteiger partial charge is 0.220 e. The van der Waals surface area contributed by atoms with Crippen molar-refractivity contribution >= 4 is 60.2 Å². The highest BCUT2D eigenvalue weighted by Gasteiger charge is 2.28. The van der Waals surface area contributed by atoms with Crippen molar-refractivity contribution in [3.63, 3.8) is 0 Å². The molecule has 6 nitrogen and oxygen atoms in total. The average Bonchev–Trinajstić information content (AvgIpc) is 3.93. The number of aromatic nitrogens is 6. The van der Waals surface area contributed by atoms with Gasteiger partial charge in [-0.3, -0.25) is 13.5 Å². The largest absolute Gasteiger partial charge is 0.279 e. The first kappa shape index (κ1) is 33.3. The number of para-hydroxylation sites is 5. The monoisotopic (exact) mass is 736 g/mol. The van der Waals surface area contributed by atoms with Gasteiger partial charge in [-0.25, -0.2) is 4.98 Å². The molecule has 4 heterocycles. The van der Waals surface area contributed by atoms with Gasteiger partial charge < -0.3 is 0 Å². The Morgan fingerprint density at radius 3 is 1.82 bits per heavy atom. The van der Waals surface area contributed by atoms with Crippen LogP contribution in [0.1, 0.15) is 41.7 Å². The van der Waals surface area contributed by atoms with Crippen LogP contribution in [0.4, 0.5) is 0 Å². The third-order valence-electron chi connectivity index (χ3n) is 12.3. The van der Waals surface area contributed by atoms with Crippen molar-refractivity contribution in [2.24, 2.45) is 0 Å². The van der Waals surface area contributed by atoms with Gasteiger partial charge in [0.2, 0.25) is 5.95 Å². The highest BCUT2D eigenvalue weighted by Crippen LogP contribution is 2.41. The molecule has 0 saturated carbocycles. The summed E-state index contributed by atoms with van der Waals surface area (Å²) in [4.78, 5) is 5.39. The number of hydrogen-bond donors (Lipinski definition) is 0. The number of hydrogen-bond acceptors (Lipinski definition) is 3. The molecule has 7 aromatic carbocycles. The van der Waals surface area contributed by atoms with Crippen molar-refractivity contribution in [2.75, 3.05) is 0 Å². The fourth-order valence-corrected chi connectivity index (χ4v) is 9.22. The van der Waals surface area contributed by atoms with E-state index >= 15 is 0 Å². The molecule has 4 aromatic heterocycles. The molecule has 11 aromatic rings. The van der Waals surface area contributed by atoms with Crippen molar-refractivity contribution in [1.82, 2.24) is 28.7 Å². The molecule has 274 valence electrons. The molecule has 0 N–H and O–H groups in total. The lowest BCUT2D eigenvalue weighted by atomic mass is 9.77. The number of rotatable bonds is 5. The Morgan fingerprint density at radius 2 is 1.05 bits per heavy atom. The van der Waals surface area contributed by atoms with Crippen molar-refractivity contribution in [1.29, 1.82) is 0 Å². The Hall–Kier alpha value is -7.05. The highest BCUT2D eigenvalue weighted by molar-refractivity contribution is 6.13. The summed E-state index contributed by atoms with van der Waals surface area (Å²) in [7, 11) is 0. The predicted octanol–water partition coefficient (Wildman–Crippen LogP) is 12.4. The summed E-state index contributed by atoms with van der Waals surface area (Å²) in [5, 5.41) is 15.5. The SMILES string of the molecule is Cc1ccccc1-c1nnc2c3cc(C(C)(C)c4ccc5c6ccccc6n(-c6nc7ccccc7n6-c6c(C)cccc6C)c5c4)ccc3c3ccccc3n12.